The van der Waals surface area contributed by atoms with Gasteiger partial charge in [0.05, 0.1) is 0 Å². The van der Waals surface area contributed by atoms with Crippen LogP contribution in [-0.2, 0) is 11.3 Å². The Morgan fingerprint density at radius 3 is 2.62 bits per heavy atom. The molecular formula is C11H16N2O3. The minimum absolute atomic E-state index is 0.00404. The van der Waals surface area contributed by atoms with E-state index < -0.39 is 0 Å². The molecule has 1 rings (SSSR count). The van der Waals surface area contributed by atoms with E-state index in [0.717, 1.165) is 0 Å². The lowest BCUT2D eigenvalue weighted by atomic mass is 10.1. The van der Waals surface area contributed by atoms with E-state index in [1.165, 1.54) is 10.6 Å². The molecule has 0 saturated carbocycles. The van der Waals surface area contributed by atoms with Crippen molar-refractivity contribution in [2.24, 2.45) is 4.99 Å². The van der Waals surface area contributed by atoms with Gasteiger partial charge in [0.25, 0.3) is 0 Å². The van der Waals surface area contributed by atoms with E-state index in [0.29, 0.717) is 5.56 Å². The Labute approximate surface area is 94.1 Å². The molecule has 0 unspecified atom stereocenters. The van der Waals surface area contributed by atoms with Crippen molar-refractivity contribution in [3.05, 3.63) is 11.6 Å². The molecule has 0 radical (unpaired) electrons. The van der Waals surface area contributed by atoms with Gasteiger partial charge in [-0.1, -0.05) is 13.8 Å². The number of hydrogen-bond donors (Lipinski definition) is 2. The van der Waals surface area contributed by atoms with E-state index in [4.69, 9.17) is 0 Å². The van der Waals surface area contributed by atoms with Crippen molar-refractivity contribution in [2.45, 2.75) is 32.7 Å². The van der Waals surface area contributed by atoms with E-state index in [1.807, 2.05) is 13.8 Å². The molecule has 1 aromatic rings. The van der Waals surface area contributed by atoms with Crippen LogP contribution in [-0.4, -0.2) is 27.4 Å². The largest absolute Gasteiger partial charge is 0.494 e. The molecule has 0 saturated heterocycles. The van der Waals surface area contributed by atoms with Crippen LogP contribution in [0.3, 0.4) is 0 Å². The van der Waals surface area contributed by atoms with Crippen molar-refractivity contribution >= 4 is 12.6 Å². The second kappa shape index (κ2) is 4.83. The number of amides is 1. The third kappa shape index (κ3) is 2.42. The fourth-order valence-corrected chi connectivity index (χ4v) is 1.48. The van der Waals surface area contributed by atoms with Crippen LogP contribution < -0.4 is 0 Å². The van der Waals surface area contributed by atoms with Crippen LogP contribution in [0.2, 0.25) is 0 Å². The topological polar surface area (TPSA) is 74.8 Å². The molecule has 1 amide bonds. The summed E-state index contributed by atoms with van der Waals surface area (Å²) in [5.74, 6) is -0.290. The van der Waals surface area contributed by atoms with Crippen LogP contribution in [0.5, 0.6) is 11.8 Å². The van der Waals surface area contributed by atoms with Gasteiger partial charge in [0.15, 0.2) is 11.8 Å². The molecule has 1 heterocycles. The van der Waals surface area contributed by atoms with Crippen LogP contribution >= 0.6 is 0 Å². The van der Waals surface area contributed by atoms with Crippen molar-refractivity contribution in [2.75, 3.05) is 0 Å². The minimum atomic E-state index is -0.362. The van der Waals surface area contributed by atoms with Crippen molar-refractivity contribution in [1.82, 2.24) is 4.57 Å². The number of rotatable bonds is 4. The second-order valence-corrected chi connectivity index (χ2v) is 3.89. The highest BCUT2D eigenvalue weighted by molar-refractivity contribution is 5.80. The fraction of sp³-hybridized carbons (Fsp3) is 0.455. The third-order valence-electron chi connectivity index (χ3n) is 2.42. The standard InChI is InChI=1S/C11H16N2O3/c1-7(2)8-6-10(15)13(11(8)16)5-4-9(14)12-3/h6-7,15-16H,3-5H2,1-2H3. The lowest BCUT2D eigenvalue weighted by molar-refractivity contribution is -0.117. The Hall–Kier alpha value is -1.78. The van der Waals surface area contributed by atoms with Crippen molar-refractivity contribution in [3.63, 3.8) is 0 Å². The summed E-state index contributed by atoms with van der Waals surface area (Å²) in [6.07, 6.45) is 0.108. The zero-order valence-electron chi connectivity index (χ0n) is 9.47. The van der Waals surface area contributed by atoms with Gasteiger partial charge in [-0.25, -0.2) is 4.99 Å². The molecule has 0 aliphatic rings. The number of carbonyl (C=O) groups is 1. The van der Waals surface area contributed by atoms with E-state index in [9.17, 15) is 15.0 Å². The van der Waals surface area contributed by atoms with Gasteiger partial charge < -0.3 is 10.2 Å². The van der Waals surface area contributed by atoms with Gasteiger partial charge in [0, 0.05) is 24.6 Å². The summed E-state index contributed by atoms with van der Waals surface area (Å²) in [7, 11) is 0. The Balaban J connectivity index is 2.88. The molecular weight excluding hydrogens is 208 g/mol. The average Bonchev–Trinajstić information content (AvgIpc) is 2.51. The molecule has 0 spiro atoms. The van der Waals surface area contributed by atoms with Crippen molar-refractivity contribution < 1.29 is 15.0 Å². The minimum Gasteiger partial charge on any atom is -0.494 e. The summed E-state index contributed by atoms with van der Waals surface area (Å²) in [5, 5.41) is 19.4. The molecule has 0 aliphatic carbocycles. The number of aromatic nitrogens is 1. The highest BCUT2D eigenvalue weighted by Crippen LogP contribution is 2.32. The number of aliphatic imine (C=N–C) groups is 1. The lowest BCUT2D eigenvalue weighted by Gasteiger charge is -2.06. The Morgan fingerprint density at radius 1 is 1.56 bits per heavy atom. The van der Waals surface area contributed by atoms with Gasteiger partial charge in [0.1, 0.15) is 0 Å². The number of hydrogen-bond acceptors (Lipinski definition) is 3. The lowest BCUT2D eigenvalue weighted by Crippen LogP contribution is -2.02. The molecule has 2 N–H and O–H groups in total. The zero-order valence-corrected chi connectivity index (χ0v) is 9.47. The quantitative estimate of drug-likeness (QED) is 0.763. The zero-order chi connectivity index (χ0) is 12.3. The first-order valence-electron chi connectivity index (χ1n) is 5.08. The van der Waals surface area contributed by atoms with E-state index in [1.54, 1.807) is 0 Å². The summed E-state index contributed by atoms with van der Waals surface area (Å²) >= 11 is 0. The molecule has 0 fully saturated rings. The maximum absolute atomic E-state index is 10.9. The monoisotopic (exact) mass is 224 g/mol. The van der Waals surface area contributed by atoms with Gasteiger partial charge in [-0.05, 0) is 12.6 Å². The highest BCUT2D eigenvalue weighted by Gasteiger charge is 2.16. The fourth-order valence-electron chi connectivity index (χ4n) is 1.48. The highest BCUT2D eigenvalue weighted by atomic mass is 16.3. The first-order chi connectivity index (χ1) is 7.47. The Kier molecular flexibility index (Phi) is 3.71. The maximum atomic E-state index is 10.9. The van der Waals surface area contributed by atoms with Crippen LogP contribution in [0.15, 0.2) is 11.1 Å². The SMILES string of the molecule is C=NC(=O)CCn1c(O)cc(C(C)C)c1O. The summed E-state index contributed by atoms with van der Waals surface area (Å²) in [4.78, 5) is 14.2. The first-order valence-corrected chi connectivity index (χ1v) is 5.08. The van der Waals surface area contributed by atoms with Crippen LogP contribution in [0.1, 0.15) is 31.7 Å². The van der Waals surface area contributed by atoms with Gasteiger partial charge >= 0.3 is 0 Å². The normalized spacial score (nSPS) is 10.7. The summed E-state index contributed by atoms with van der Waals surface area (Å²) in [6.45, 7) is 7.14. The Morgan fingerprint density at radius 2 is 2.19 bits per heavy atom. The number of carbonyl (C=O) groups excluding carboxylic acids is 1. The molecule has 0 atom stereocenters. The second-order valence-electron chi connectivity index (χ2n) is 3.89. The predicted octanol–water partition coefficient (Wildman–Crippen LogP) is 1.64. The number of nitrogens with zero attached hydrogens (tertiary/aromatic N) is 2. The predicted molar refractivity (Wildman–Crippen MR) is 61.0 cm³/mol. The average molecular weight is 224 g/mol. The summed E-state index contributed by atoms with van der Waals surface area (Å²) < 4.78 is 1.29. The molecule has 88 valence electrons. The van der Waals surface area contributed by atoms with Gasteiger partial charge in [-0.2, -0.15) is 0 Å². The molecule has 5 heteroatoms. The van der Waals surface area contributed by atoms with E-state index in [-0.39, 0.29) is 36.6 Å². The van der Waals surface area contributed by atoms with Crippen LogP contribution in [0.4, 0.5) is 0 Å². The van der Waals surface area contributed by atoms with Crippen LogP contribution in [0, 0.1) is 0 Å². The van der Waals surface area contributed by atoms with Crippen LogP contribution in [0.25, 0.3) is 0 Å². The van der Waals surface area contributed by atoms with E-state index in [2.05, 4.69) is 11.7 Å². The van der Waals surface area contributed by atoms with Gasteiger partial charge in [-0.3, -0.25) is 9.36 Å². The van der Waals surface area contributed by atoms with Gasteiger partial charge in [0.2, 0.25) is 5.91 Å². The molecule has 0 aliphatic heterocycles. The molecule has 5 nitrogen and oxygen atoms in total. The molecule has 16 heavy (non-hydrogen) atoms. The van der Waals surface area contributed by atoms with Gasteiger partial charge in [-0.15, -0.1) is 0 Å². The molecule has 0 aromatic carbocycles. The number of aromatic hydroxyl groups is 2. The Bertz CT molecular complexity index is 408. The van der Waals surface area contributed by atoms with Crippen molar-refractivity contribution in [1.29, 1.82) is 0 Å². The van der Waals surface area contributed by atoms with E-state index >= 15 is 0 Å². The smallest absolute Gasteiger partial charge is 0.246 e. The maximum Gasteiger partial charge on any atom is 0.246 e. The summed E-state index contributed by atoms with van der Waals surface area (Å²) in [6, 6.07) is 1.51. The summed E-state index contributed by atoms with van der Waals surface area (Å²) in [5.41, 5.74) is 0.663. The molecule has 0 bridgehead atoms. The van der Waals surface area contributed by atoms with Crippen molar-refractivity contribution in [3.8, 4) is 11.8 Å². The molecule has 1 aromatic heterocycles. The first kappa shape index (κ1) is 12.3. The third-order valence-corrected chi connectivity index (χ3v) is 2.42.